The van der Waals surface area contributed by atoms with E-state index in [1.54, 1.807) is 6.20 Å². The van der Waals surface area contributed by atoms with Crippen LogP contribution in [0.15, 0.2) is 107 Å². The number of nitrogens with zero attached hydrogens (tertiary/aromatic N) is 3. The van der Waals surface area contributed by atoms with Crippen LogP contribution in [0.2, 0.25) is 0 Å². The number of β-lactam (4-membered cyclic amide) rings is 1. The topological polar surface area (TPSA) is 120 Å². The molecule has 4 aromatic rings. The molecule has 2 amide bonds. The summed E-state index contributed by atoms with van der Waals surface area (Å²) >= 11 is 4.20. The molecular weight excluding hydrogens is 645 g/mol. The molecule has 2 aromatic carbocycles. The number of thioether (sulfide) groups is 2. The summed E-state index contributed by atoms with van der Waals surface area (Å²) in [6.07, 6.45) is 2.48. The molecule has 46 heavy (non-hydrogen) atoms. The van der Waals surface area contributed by atoms with E-state index in [9.17, 15) is 14.4 Å². The van der Waals surface area contributed by atoms with Gasteiger partial charge in [-0.2, -0.15) is 0 Å². The van der Waals surface area contributed by atoms with Gasteiger partial charge < -0.3 is 19.5 Å². The van der Waals surface area contributed by atoms with Crippen LogP contribution in [0, 0.1) is 0 Å². The molecule has 1 saturated heterocycles. The highest BCUT2D eigenvalue weighted by Crippen LogP contribution is 2.48. The summed E-state index contributed by atoms with van der Waals surface area (Å²) in [6.45, 7) is 0. The lowest BCUT2D eigenvalue weighted by Crippen LogP contribution is -2.80. The molecule has 0 bridgehead atoms. The highest BCUT2D eigenvalue weighted by atomic mass is 32.2. The number of ether oxygens (including phenoxy) is 3. The van der Waals surface area contributed by atoms with Crippen molar-refractivity contribution in [1.82, 2.24) is 20.2 Å². The molecule has 2 aromatic heterocycles. The normalized spacial score (nSPS) is 19.0. The van der Waals surface area contributed by atoms with E-state index in [1.165, 1.54) is 60.2 Å². The fourth-order valence-electron chi connectivity index (χ4n) is 5.32. The van der Waals surface area contributed by atoms with E-state index >= 15 is 0 Å². The molecule has 0 saturated carbocycles. The zero-order valence-electron chi connectivity index (χ0n) is 25.0. The number of benzene rings is 2. The van der Waals surface area contributed by atoms with Crippen LogP contribution < -0.4 is 10.1 Å². The number of esters is 1. The van der Waals surface area contributed by atoms with Crippen molar-refractivity contribution in [3.63, 3.8) is 0 Å². The molecule has 0 unspecified atom stereocenters. The van der Waals surface area contributed by atoms with Gasteiger partial charge in [0.25, 0.3) is 11.6 Å². The maximum Gasteiger partial charge on any atom is 0.356 e. The summed E-state index contributed by atoms with van der Waals surface area (Å²) in [5.41, 5.74) is 0.737. The molecule has 6 rings (SSSR count). The average Bonchev–Trinajstić information content (AvgIpc) is 3.61. The summed E-state index contributed by atoms with van der Waals surface area (Å²) in [7, 11) is 2.90. The summed E-state index contributed by atoms with van der Waals surface area (Å²) in [5.74, 6) is -0.507. The molecule has 10 nitrogen and oxygen atoms in total. The van der Waals surface area contributed by atoms with Crippen molar-refractivity contribution in [3.05, 3.63) is 118 Å². The predicted octanol–water partition coefficient (Wildman–Crippen LogP) is 4.84. The highest BCUT2D eigenvalue weighted by molar-refractivity contribution is 8.01. The third kappa shape index (κ3) is 6.27. The first-order valence-corrected chi connectivity index (χ1v) is 17.2. The first kappa shape index (κ1) is 31.8. The average molecular weight is 675 g/mol. The van der Waals surface area contributed by atoms with E-state index < -0.39 is 29.1 Å². The third-order valence-electron chi connectivity index (χ3n) is 7.50. The molecule has 236 valence electrons. The molecule has 0 aliphatic carbocycles. The van der Waals surface area contributed by atoms with Crippen LogP contribution in [0.4, 0.5) is 0 Å². The Labute approximate surface area is 278 Å². The van der Waals surface area contributed by atoms with Crippen LogP contribution in [0.1, 0.15) is 22.1 Å². The number of hydrogen-bond donors (Lipinski definition) is 1. The molecule has 0 radical (unpaired) electrons. The second-order valence-electron chi connectivity index (χ2n) is 10.3. The first-order valence-electron chi connectivity index (χ1n) is 14.3. The molecule has 2 aliphatic heterocycles. The van der Waals surface area contributed by atoms with E-state index in [0.29, 0.717) is 28.0 Å². The van der Waals surface area contributed by atoms with Crippen LogP contribution >= 0.6 is 34.9 Å². The zero-order valence-corrected chi connectivity index (χ0v) is 27.4. The quantitative estimate of drug-likeness (QED) is 0.0968. The Kier molecular flexibility index (Phi) is 9.73. The number of carbonyl (C=O) groups is 3. The Bertz CT molecular complexity index is 1700. The van der Waals surface area contributed by atoms with Gasteiger partial charge in [-0.25, -0.2) is 14.8 Å². The van der Waals surface area contributed by atoms with E-state index in [2.05, 4.69) is 15.3 Å². The van der Waals surface area contributed by atoms with Crippen molar-refractivity contribution in [2.24, 2.45) is 0 Å². The van der Waals surface area contributed by atoms with Crippen LogP contribution in [-0.4, -0.2) is 69.5 Å². The van der Waals surface area contributed by atoms with Gasteiger partial charge in [0.15, 0.2) is 11.1 Å². The van der Waals surface area contributed by atoms with Gasteiger partial charge in [0.05, 0.1) is 13.5 Å². The maximum absolute atomic E-state index is 14.3. The Morgan fingerprint density at radius 1 is 1.02 bits per heavy atom. The molecule has 1 N–H and O–H groups in total. The minimum absolute atomic E-state index is 0.107. The third-order valence-corrected chi connectivity index (χ3v) is 10.8. The number of rotatable bonds is 12. The fourth-order valence-corrected chi connectivity index (χ4v) is 8.54. The van der Waals surface area contributed by atoms with E-state index in [0.717, 1.165) is 16.0 Å². The summed E-state index contributed by atoms with van der Waals surface area (Å²) in [5, 5.41) is 4.57. The van der Waals surface area contributed by atoms with Gasteiger partial charge >= 0.3 is 5.97 Å². The second-order valence-corrected chi connectivity index (χ2v) is 13.4. The number of carbonyl (C=O) groups excluding carboxylic acids is 3. The number of thiophene rings is 1. The Balaban J connectivity index is 1.33. The fraction of sp³-hybridized carbons (Fsp3) is 0.242. The van der Waals surface area contributed by atoms with Crippen molar-refractivity contribution < 1.29 is 28.6 Å². The monoisotopic (exact) mass is 674 g/mol. The SMILES string of the molecule is COc1nccnc1SCC1=C(C(=O)OC(c2ccccc2)c2ccccc2)N2C(=O)[C@](NC(=O)Cc3cccs3)(OC)[C@@H]2SC1. The van der Waals surface area contributed by atoms with Gasteiger partial charge in [0, 0.05) is 35.9 Å². The highest BCUT2D eigenvalue weighted by Gasteiger charge is 2.66. The molecule has 4 heterocycles. The Hall–Kier alpha value is -4.17. The molecule has 1 fully saturated rings. The van der Waals surface area contributed by atoms with Crippen LogP contribution in [-0.2, 0) is 30.3 Å². The zero-order chi connectivity index (χ0) is 32.1. The molecule has 2 atom stereocenters. The summed E-state index contributed by atoms with van der Waals surface area (Å²) < 4.78 is 17.4. The van der Waals surface area contributed by atoms with E-state index in [1.807, 2.05) is 78.2 Å². The number of hydrogen-bond acceptors (Lipinski definition) is 11. The van der Waals surface area contributed by atoms with Gasteiger partial charge in [-0.3, -0.25) is 14.5 Å². The largest absolute Gasteiger partial charge is 0.479 e. The van der Waals surface area contributed by atoms with Gasteiger partial charge in [-0.15, -0.1) is 23.1 Å². The van der Waals surface area contributed by atoms with Crippen LogP contribution in [0.5, 0.6) is 5.88 Å². The smallest absolute Gasteiger partial charge is 0.356 e. The number of aromatic nitrogens is 2. The lowest BCUT2D eigenvalue weighted by atomic mass is 9.97. The minimum Gasteiger partial charge on any atom is -0.479 e. The lowest BCUT2D eigenvalue weighted by Gasteiger charge is -2.56. The van der Waals surface area contributed by atoms with Crippen molar-refractivity contribution in [1.29, 1.82) is 0 Å². The van der Waals surface area contributed by atoms with Crippen LogP contribution in [0.25, 0.3) is 0 Å². The van der Waals surface area contributed by atoms with Gasteiger partial charge in [0.2, 0.25) is 11.8 Å². The summed E-state index contributed by atoms with van der Waals surface area (Å²) in [4.78, 5) is 52.2. The van der Waals surface area contributed by atoms with Gasteiger partial charge in [-0.05, 0) is 28.1 Å². The van der Waals surface area contributed by atoms with Crippen molar-refractivity contribution >= 4 is 52.6 Å². The van der Waals surface area contributed by atoms with Gasteiger partial charge in [0.1, 0.15) is 11.1 Å². The minimum atomic E-state index is -1.63. The maximum atomic E-state index is 14.3. The number of nitrogens with one attached hydrogen (secondary N) is 1. The van der Waals surface area contributed by atoms with Gasteiger partial charge in [-0.1, -0.05) is 78.5 Å². The van der Waals surface area contributed by atoms with Crippen molar-refractivity contribution in [3.8, 4) is 5.88 Å². The Morgan fingerprint density at radius 3 is 2.35 bits per heavy atom. The van der Waals surface area contributed by atoms with E-state index in [4.69, 9.17) is 14.2 Å². The standard InChI is InChI=1S/C33H30N4O6S3/c1-41-28-29(35-16-15-34-28)45-19-23-20-46-32-33(42-2,36-25(38)18-24-14-9-17-44-24)31(40)37(32)26(23)30(39)43-27(21-10-5-3-6-11-21)22-12-7-4-8-13-22/h3-17,27,32H,18-20H2,1-2H3,(H,36,38)/t32-,33-/m0/s1. The van der Waals surface area contributed by atoms with Crippen LogP contribution in [0.3, 0.4) is 0 Å². The molecule has 0 spiro atoms. The Morgan fingerprint density at radius 2 is 1.72 bits per heavy atom. The van der Waals surface area contributed by atoms with E-state index in [-0.39, 0.29) is 18.0 Å². The number of fused-ring (bicyclic) bond motifs is 1. The first-order chi connectivity index (χ1) is 22.4. The lowest BCUT2D eigenvalue weighted by molar-refractivity contribution is -0.193. The van der Waals surface area contributed by atoms with Crippen molar-refractivity contribution in [2.45, 2.75) is 28.6 Å². The number of amides is 2. The number of methoxy groups -OCH3 is 2. The summed E-state index contributed by atoms with van der Waals surface area (Å²) in [6, 6.07) is 22.6. The van der Waals surface area contributed by atoms with Crippen molar-refractivity contribution in [2.75, 3.05) is 25.7 Å². The predicted molar refractivity (Wildman–Crippen MR) is 176 cm³/mol. The second kappa shape index (κ2) is 14.1. The molecule has 13 heteroatoms. The molecule has 2 aliphatic rings. The molecular formula is C33H30N4O6S3.